The molecule has 146 valence electrons. The largest absolute Gasteiger partial charge is 0.490 e. The van der Waals surface area contributed by atoms with Gasteiger partial charge in [0.2, 0.25) is 5.75 Å². The number of nitrogens with zero attached hydrogens (tertiary/aromatic N) is 2. The maximum atomic E-state index is 12.9. The molecule has 0 radical (unpaired) electrons. The first kappa shape index (κ1) is 19.1. The molecule has 0 atom stereocenters. The minimum Gasteiger partial charge on any atom is -0.490 e. The number of ether oxygens (including phenoxy) is 3. The highest BCUT2D eigenvalue weighted by Crippen LogP contribution is 2.39. The quantitative estimate of drug-likeness (QED) is 0.768. The number of carbonyl (C=O) groups excluding carboxylic acids is 1. The summed E-state index contributed by atoms with van der Waals surface area (Å²) in [5.41, 5.74) is 2.66. The van der Waals surface area contributed by atoms with Crippen LogP contribution >= 0.6 is 0 Å². The molecule has 1 aliphatic carbocycles. The van der Waals surface area contributed by atoms with Gasteiger partial charge in [0, 0.05) is 18.2 Å². The van der Waals surface area contributed by atoms with E-state index in [2.05, 4.69) is 10.4 Å². The molecular formula is C20H27N3O4. The van der Waals surface area contributed by atoms with Crippen LogP contribution < -0.4 is 19.5 Å². The number of nitrogens with one attached hydrogen (secondary N) is 1. The number of benzene rings is 1. The van der Waals surface area contributed by atoms with E-state index >= 15 is 0 Å². The normalized spacial score (nSPS) is 12.6. The van der Waals surface area contributed by atoms with Crippen molar-refractivity contribution < 1.29 is 19.0 Å². The van der Waals surface area contributed by atoms with E-state index in [1.807, 2.05) is 27.8 Å². The van der Waals surface area contributed by atoms with Crippen molar-refractivity contribution in [1.29, 1.82) is 0 Å². The molecular weight excluding hydrogens is 346 g/mol. The Hall–Kier alpha value is -2.70. The smallest absolute Gasteiger partial charge is 0.257 e. The Morgan fingerprint density at radius 2 is 1.70 bits per heavy atom. The fraction of sp³-hybridized carbons (Fsp3) is 0.500. The molecule has 27 heavy (non-hydrogen) atoms. The summed E-state index contributed by atoms with van der Waals surface area (Å²) >= 11 is 0. The lowest BCUT2D eigenvalue weighted by Crippen LogP contribution is -2.16. The number of amides is 1. The van der Waals surface area contributed by atoms with Crippen LogP contribution in [-0.4, -0.2) is 35.5 Å². The summed E-state index contributed by atoms with van der Waals surface area (Å²) in [6.45, 7) is 7.09. The predicted octanol–water partition coefficient (Wildman–Crippen LogP) is 3.36. The summed E-state index contributed by atoms with van der Waals surface area (Å²) in [4.78, 5) is 12.9. The highest BCUT2D eigenvalue weighted by molar-refractivity contribution is 6.05. The second-order valence-corrected chi connectivity index (χ2v) is 6.31. The standard InChI is InChI=1S/C20H27N3O4/c1-5-25-16-11-13(12-17(26-6-2)18(16)27-7-3)20(24)21-19-14-9-8-10-15(14)22-23(19)4/h11-12H,5-10H2,1-4H3,(H,21,24). The number of aromatic nitrogens is 2. The third-order valence-electron chi connectivity index (χ3n) is 4.47. The van der Waals surface area contributed by atoms with Crippen molar-refractivity contribution in [1.82, 2.24) is 9.78 Å². The molecule has 1 N–H and O–H groups in total. The summed E-state index contributed by atoms with van der Waals surface area (Å²) in [6, 6.07) is 3.39. The third kappa shape index (κ3) is 3.86. The van der Waals surface area contributed by atoms with Crippen LogP contribution in [0.15, 0.2) is 12.1 Å². The van der Waals surface area contributed by atoms with Crippen molar-refractivity contribution >= 4 is 11.7 Å². The van der Waals surface area contributed by atoms with Gasteiger partial charge >= 0.3 is 0 Å². The van der Waals surface area contributed by atoms with Crippen molar-refractivity contribution in [2.45, 2.75) is 40.0 Å². The van der Waals surface area contributed by atoms with Crippen molar-refractivity contribution in [3.05, 3.63) is 29.0 Å². The molecule has 1 amide bonds. The maximum Gasteiger partial charge on any atom is 0.257 e. The molecule has 1 aromatic carbocycles. The van der Waals surface area contributed by atoms with Crippen LogP contribution in [-0.2, 0) is 19.9 Å². The molecule has 0 unspecified atom stereocenters. The number of anilines is 1. The summed E-state index contributed by atoms with van der Waals surface area (Å²) in [5.74, 6) is 2.07. The van der Waals surface area contributed by atoms with E-state index in [1.165, 1.54) is 0 Å². The third-order valence-corrected chi connectivity index (χ3v) is 4.47. The van der Waals surface area contributed by atoms with Crippen LogP contribution in [0.25, 0.3) is 0 Å². The first-order valence-electron chi connectivity index (χ1n) is 9.51. The van der Waals surface area contributed by atoms with Crippen LogP contribution in [0.4, 0.5) is 5.82 Å². The molecule has 0 bridgehead atoms. The van der Waals surface area contributed by atoms with Crippen LogP contribution in [0.2, 0.25) is 0 Å². The van der Waals surface area contributed by atoms with Gasteiger partial charge in [0.1, 0.15) is 5.82 Å². The zero-order chi connectivity index (χ0) is 19.4. The molecule has 0 spiro atoms. The predicted molar refractivity (Wildman–Crippen MR) is 103 cm³/mol. The van der Waals surface area contributed by atoms with Gasteiger partial charge in [-0.1, -0.05) is 0 Å². The Labute approximate surface area is 159 Å². The molecule has 1 aromatic heterocycles. The molecule has 1 aliphatic rings. The van der Waals surface area contributed by atoms with Crippen LogP contribution in [0, 0.1) is 0 Å². The first-order chi connectivity index (χ1) is 13.1. The molecule has 0 saturated carbocycles. The Kier molecular flexibility index (Phi) is 5.88. The van der Waals surface area contributed by atoms with Crippen molar-refractivity contribution in [3.8, 4) is 17.2 Å². The van der Waals surface area contributed by atoms with E-state index in [4.69, 9.17) is 14.2 Å². The minimum atomic E-state index is -0.224. The lowest BCUT2D eigenvalue weighted by Gasteiger charge is -2.17. The maximum absolute atomic E-state index is 12.9. The molecule has 3 rings (SSSR count). The van der Waals surface area contributed by atoms with Gasteiger partial charge in [-0.05, 0) is 52.2 Å². The summed E-state index contributed by atoms with van der Waals surface area (Å²) in [5, 5.41) is 7.51. The number of carbonyl (C=O) groups is 1. The number of fused-ring (bicyclic) bond motifs is 1. The van der Waals surface area contributed by atoms with Crippen molar-refractivity contribution in [3.63, 3.8) is 0 Å². The molecule has 0 aliphatic heterocycles. The fourth-order valence-corrected chi connectivity index (χ4v) is 3.38. The second-order valence-electron chi connectivity index (χ2n) is 6.31. The van der Waals surface area contributed by atoms with Gasteiger partial charge in [0.15, 0.2) is 11.5 Å². The number of rotatable bonds is 8. The van der Waals surface area contributed by atoms with Gasteiger partial charge in [-0.15, -0.1) is 0 Å². The van der Waals surface area contributed by atoms with E-state index in [1.54, 1.807) is 16.8 Å². The minimum absolute atomic E-state index is 0.224. The zero-order valence-corrected chi connectivity index (χ0v) is 16.4. The molecule has 7 nitrogen and oxygen atoms in total. The Morgan fingerprint density at radius 1 is 1.07 bits per heavy atom. The number of hydrogen-bond donors (Lipinski definition) is 1. The Bertz CT molecular complexity index is 802. The molecule has 1 heterocycles. The Balaban J connectivity index is 1.94. The molecule has 7 heteroatoms. The zero-order valence-electron chi connectivity index (χ0n) is 16.4. The molecule has 0 saturated heterocycles. The second kappa shape index (κ2) is 8.33. The monoisotopic (exact) mass is 373 g/mol. The molecule has 0 fully saturated rings. The first-order valence-corrected chi connectivity index (χ1v) is 9.51. The van der Waals surface area contributed by atoms with Gasteiger partial charge in [-0.25, -0.2) is 0 Å². The van der Waals surface area contributed by atoms with E-state index in [9.17, 15) is 4.79 Å². The van der Waals surface area contributed by atoms with Crippen LogP contribution in [0.5, 0.6) is 17.2 Å². The van der Waals surface area contributed by atoms with E-state index < -0.39 is 0 Å². The van der Waals surface area contributed by atoms with Gasteiger partial charge in [-0.2, -0.15) is 5.10 Å². The van der Waals surface area contributed by atoms with E-state index in [0.717, 1.165) is 36.3 Å². The summed E-state index contributed by atoms with van der Waals surface area (Å²) < 4.78 is 18.8. The lowest BCUT2D eigenvalue weighted by molar-refractivity contribution is 0.102. The SMILES string of the molecule is CCOc1cc(C(=O)Nc2c3c(nn2C)CCC3)cc(OCC)c1OCC. The lowest BCUT2D eigenvalue weighted by atomic mass is 10.1. The van der Waals surface area contributed by atoms with Crippen molar-refractivity contribution in [2.24, 2.45) is 7.05 Å². The van der Waals surface area contributed by atoms with Crippen LogP contribution in [0.3, 0.4) is 0 Å². The van der Waals surface area contributed by atoms with E-state index in [0.29, 0.717) is 42.6 Å². The van der Waals surface area contributed by atoms with Gasteiger partial charge < -0.3 is 19.5 Å². The fourth-order valence-electron chi connectivity index (χ4n) is 3.38. The van der Waals surface area contributed by atoms with Gasteiger partial charge in [-0.3, -0.25) is 9.48 Å². The number of hydrogen-bond acceptors (Lipinski definition) is 5. The number of aryl methyl sites for hydroxylation is 2. The molecule has 2 aromatic rings. The topological polar surface area (TPSA) is 74.6 Å². The van der Waals surface area contributed by atoms with Crippen LogP contribution in [0.1, 0.15) is 48.8 Å². The highest BCUT2D eigenvalue weighted by Gasteiger charge is 2.24. The average molecular weight is 373 g/mol. The highest BCUT2D eigenvalue weighted by atomic mass is 16.5. The average Bonchev–Trinajstić information content (AvgIpc) is 3.20. The Morgan fingerprint density at radius 3 is 2.30 bits per heavy atom. The van der Waals surface area contributed by atoms with Gasteiger partial charge in [0.05, 0.1) is 25.5 Å². The van der Waals surface area contributed by atoms with Gasteiger partial charge in [0.25, 0.3) is 5.91 Å². The summed E-state index contributed by atoms with van der Waals surface area (Å²) in [7, 11) is 1.85. The summed E-state index contributed by atoms with van der Waals surface area (Å²) in [6.07, 6.45) is 2.98. The van der Waals surface area contributed by atoms with Crippen molar-refractivity contribution in [2.75, 3.05) is 25.1 Å². The van der Waals surface area contributed by atoms with E-state index in [-0.39, 0.29) is 5.91 Å².